The van der Waals surface area contributed by atoms with Gasteiger partial charge in [-0.15, -0.1) is 0 Å². The average molecular weight is 212 g/mol. The van der Waals surface area contributed by atoms with E-state index in [2.05, 4.69) is 17.1 Å². The minimum atomic E-state index is 0.649. The van der Waals surface area contributed by atoms with Crippen LogP contribution in [-0.2, 0) is 4.74 Å². The monoisotopic (exact) mass is 212 g/mol. The van der Waals surface area contributed by atoms with Gasteiger partial charge in [0, 0.05) is 25.1 Å². The van der Waals surface area contributed by atoms with Crippen molar-refractivity contribution in [2.45, 2.75) is 32.2 Å². The summed E-state index contributed by atoms with van der Waals surface area (Å²) in [7, 11) is 0. The van der Waals surface area contributed by atoms with Crippen LogP contribution in [0.5, 0.6) is 0 Å². The van der Waals surface area contributed by atoms with Gasteiger partial charge in [0.05, 0.1) is 6.61 Å². The van der Waals surface area contributed by atoms with E-state index in [1.54, 1.807) is 0 Å². The van der Waals surface area contributed by atoms with Gasteiger partial charge in [0.25, 0.3) is 0 Å². The van der Waals surface area contributed by atoms with Crippen LogP contribution in [-0.4, -0.2) is 50.3 Å². The zero-order chi connectivity index (χ0) is 10.5. The maximum absolute atomic E-state index is 5.49. The van der Waals surface area contributed by atoms with Crippen molar-refractivity contribution in [2.75, 3.05) is 39.4 Å². The summed E-state index contributed by atoms with van der Waals surface area (Å²) in [6, 6.07) is 0.649. The van der Waals surface area contributed by atoms with Gasteiger partial charge in [0.2, 0.25) is 0 Å². The number of nitrogens with zero attached hydrogens (tertiary/aromatic N) is 1. The first-order valence-corrected chi connectivity index (χ1v) is 6.43. The lowest BCUT2D eigenvalue weighted by Gasteiger charge is -2.28. The summed E-state index contributed by atoms with van der Waals surface area (Å²) in [6.07, 6.45) is 4.02. The lowest BCUT2D eigenvalue weighted by atomic mass is 9.98. The first kappa shape index (κ1) is 11.4. The maximum Gasteiger partial charge on any atom is 0.0510 e. The van der Waals surface area contributed by atoms with E-state index in [-0.39, 0.29) is 0 Å². The van der Waals surface area contributed by atoms with Gasteiger partial charge in [0.15, 0.2) is 0 Å². The number of hydrogen-bond donors (Lipinski definition) is 1. The number of rotatable bonds is 5. The van der Waals surface area contributed by atoms with Crippen molar-refractivity contribution in [3.8, 4) is 0 Å². The second kappa shape index (κ2) is 5.83. The molecule has 0 aliphatic carbocycles. The average Bonchev–Trinajstić information content (AvgIpc) is 2.89. The van der Waals surface area contributed by atoms with E-state index in [9.17, 15) is 0 Å². The Labute approximate surface area is 93.2 Å². The molecule has 0 radical (unpaired) electrons. The summed E-state index contributed by atoms with van der Waals surface area (Å²) in [6.45, 7) is 9.03. The summed E-state index contributed by atoms with van der Waals surface area (Å²) in [5, 5.41) is 3.63. The summed E-state index contributed by atoms with van der Waals surface area (Å²) in [5.41, 5.74) is 0. The molecule has 3 heteroatoms. The highest BCUT2D eigenvalue weighted by molar-refractivity contribution is 4.83. The van der Waals surface area contributed by atoms with Crippen LogP contribution in [0.3, 0.4) is 0 Å². The molecule has 0 saturated carbocycles. The molecule has 2 saturated heterocycles. The Morgan fingerprint density at radius 1 is 1.40 bits per heavy atom. The molecule has 2 fully saturated rings. The summed E-state index contributed by atoms with van der Waals surface area (Å²) >= 11 is 0. The van der Waals surface area contributed by atoms with Crippen LogP contribution in [0.15, 0.2) is 0 Å². The van der Waals surface area contributed by atoms with Crippen LogP contribution in [0.25, 0.3) is 0 Å². The molecule has 2 aliphatic heterocycles. The maximum atomic E-state index is 5.49. The van der Waals surface area contributed by atoms with E-state index in [0.29, 0.717) is 6.04 Å². The third-order valence-electron chi connectivity index (χ3n) is 3.65. The van der Waals surface area contributed by atoms with Gasteiger partial charge in [-0.2, -0.15) is 0 Å². The highest BCUT2D eigenvalue weighted by atomic mass is 16.5. The molecule has 3 nitrogen and oxygen atoms in total. The number of ether oxygens (including phenoxy) is 1. The van der Waals surface area contributed by atoms with Gasteiger partial charge in [-0.1, -0.05) is 6.92 Å². The molecule has 88 valence electrons. The van der Waals surface area contributed by atoms with Crippen LogP contribution in [0, 0.1) is 5.92 Å². The van der Waals surface area contributed by atoms with Crippen LogP contribution >= 0.6 is 0 Å². The molecule has 2 rings (SSSR count). The number of likely N-dealkylation sites (N-methyl/N-ethyl adjacent to an activating group) is 1. The lowest BCUT2D eigenvalue weighted by Crippen LogP contribution is -2.45. The third kappa shape index (κ3) is 3.16. The molecular formula is C12H24N2O. The molecule has 2 heterocycles. The highest BCUT2D eigenvalue weighted by Crippen LogP contribution is 2.19. The number of nitrogens with one attached hydrogen (secondary N) is 1. The molecular weight excluding hydrogens is 188 g/mol. The lowest BCUT2D eigenvalue weighted by molar-refractivity contribution is 0.167. The van der Waals surface area contributed by atoms with Crippen molar-refractivity contribution in [1.29, 1.82) is 0 Å². The Morgan fingerprint density at radius 2 is 2.20 bits per heavy atom. The van der Waals surface area contributed by atoms with Crippen molar-refractivity contribution in [3.63, 3.8) is 0 Å². The van der Waals surface area contributed by atoms with E-state index < -0.39 is 0 Å². The van der Waals surface area contributed by atoms with Crippen molar-refractivity contribution in [1.82, 2.24) is 10.2 Å². The van der Waals surface area contributed by atoms with Gasteiger partial charge in [-0.05, 0) is 38.9 Å². The SMILES string of the molecule is CCNC(CN1CCCC1)C1CCOC1. The van der Waals surface area contributed by atoms with E-state index in [0.717, 1.165) is 25.7 Å². The minimum absolute atomic E-state index is 0.649. The van der Waals surface area contributed by atoms with Crippen LogP contribution in [0.2, 0.25) is 0 Å². The normalized spacial score (nSPS) is 29.8. The van der Waals surface area contributed by atoms with Crippen molar-refractivity contribution in [2.24, 2.45) is 5.92 Å². The molecule has 15 heavy (non-hydrogen) atoms. The zero-order valence-electron chi connectivity index (χ0n) is 9.87. The Bertz CT molecular complexity index is 174. The van der Waals surface area contributed by atoms with E-state index in [1.165, 1.54) is 38.9 Å². The van der Waals surface area contributed by atoms with Gasteiger partial charge in [0.1, 0.15) is 0 Å². The Kier molecular flexibility index (Phi) is 4.42. The number of likely N-dealkylation sites (tertiary alicyclic amines) is 1. The predicted octanol–water partition coefficient (Wildman–Crippen LogP) is 1.10. The van der Waals surface area contributed by atoms with Crippen molar-refractivity contribution in [3.05, 3.63) is 0 Å². The topological polar surface area (TPSA) is 24.5 Å². The Morgan fingerprint density at radius 3 is 2.80 bits per heavy atom. The van der Waals surface area contributed by atoms with Gasteiger partial charge in [-0.25, -0.2) is 0 Å². The second-order valence-corrected chi connectivity index (χ2v) is 4.80. The van der Waals surface area contributed by atoms with Crippen LogP contribution < -0.4 is 5.32 Å². The van der Waals surface area contributed by atoms with E-state index >= 15 is 0 Å². The Hall–Kier alpha value is -0.120. The smallest absolute Gasteiger partial charge is 0.0510 e. The first-order valence-electron chi connectivity index (χ1n) is 6.43. The highest BCUT2D eigenvalue weighted by Gasteiger charge is 2.27. The summed E-state index contributed by atoms with van der Waals surface area (Å²) in [5.74, 6) is 0.741. The third-order valence-corrected chi connectivity index (χ3v) is 3.65. The van der Waals surface area contributed by atoms with E-state index in [4.69, 9.17) is 4.74 Å². The standard InChI is InChI=1S/C12H24N2O/c1-2-13-12(11-5-8-15-10-11)9-14-6-3-4-7-14/h11-13H,2-10H2,1H3. The molecule has 0 amide bonds. The fourth-order valence-electron chi connectivity index (χ4n) is 2.76. The zero-order valence-corrected chi connectivity index (χ0v) is 9.87. The summed E-state index contributed by atoms with van der Waals surface area (Å²) in [4.78, 5) is 2.60. The Balaban J connectivity index is 1.81. The fourth-order valence-corrected chi connectivity index (χ4v) is 2.76. The molecule has 0 aromatic rings. The molecule has 1 N–H and O–H groups in total. The number of hydrogen-bond acceptors (Lipinski definition) is 3. The first-order chi connectivity index (χ1) is 7.40. The molecule has 2 aliphatic rings. The van der Waals surface area contributed by atoms with Gasteiger partial charge < -0.3 is 15.0 Å². The largest absolute Gasteiger partial charge is 0.381 e. The predicted molar refractivity (Wildman–Crippen MR) is 62.1 cm³/mol. The molecule has 0 aromatic heterocycles. The molecule has 2 atom stereocenters. The minimum Gasteiger partial charge on any atom is -0.381 e. The van der Waals surface area contributed by atoms with Gasteiger partial charge in [-0.3, -0.25) is 0 Å². The van der Waals surface area contributed by atoms with Crippen molar-refractivity contribution >= 4 is 0 Å². The van der Waals surface area contributed by atoms with Gasteiger partial charge >= 0.3 is 0 Å². The van der Waals surface area contributed by atoms with Crippen LogP contribution in [0.1, 0.15) is 26.2 Å². The molecule has 0 bridgehead atoms. The van der Waals surface area contributed by atoms with Crippen LogP contribution in [0.4, 0.5) is 0 Å². The quantitative estimate of drug-likeness (QED) is 0.738. The molecule has 0 aromatic carbocycles. The van der Waals surface area contributed by atoms with Crippen molar-refractivity contribution < 1.29 is 4.74 Å². The fraction of sp³-hybridized carbons (Fsp3) is 1.00. The molecule has 0 spiro atoms. The second-order valence-electron chi connectivity index (χ2n) is 4.80. The van der Waals surface area contributed by atoms with E-state index in [1.807, 2.05) is 0 Å². The summed E-state index contributed by atoms with van der Waals surface area (Å²) < 4.78 is 5.49. The molecule has 2 unspecified atom stereocenters.